The molecule has 1 saturated heterocycles. The Morgan fingerprint density at radius 2 is 2.04 bits per heavy atom. The summed E-state index contributed by atoms with van der Waals surface area (Å²) in [5.41, 5.74) is 1.94. The van der Waals surface area contributed by atoms with E-state index in [1.807, 2.05) is 24.3 Å². The predicted octanol–water partition coefficient (Wildman–Crippen LogP) is 1.85. The van der Waals surface area contributed by atoms with Crippen LogP contribution in [0.25, 0.3) is 11.4 Å². The van der Waals surface area contributed by atoms with Gasteiger partial charge in [0.15, 0.2) is 0 Å². The SMILES string of the molecule is CC(CCC(=O)NCc1ccc(-c2ncon2)cc1)N1CCOCC1. The molecule has 3 rings (SSSR count). The van der Waals surface area contributed by atoms with Crippen molar-refractivity contribution in [3.05, 3.63) is 36.2 Å². The van der Waals surface area contributed by atoms with Gasteiger partial charge in [0.1, 0.15) is 0 Å². The van der Waals surface area contributed by atoms with Crippen molar-refractivity contribution in [1.29, 1.82) is 0 Å². The lowest BCUT2D eigenvalue weighted by molar-refractivity contribution is -0.121. The number of carbonyl (C=O) groups excluding carboxylic acids is 1. The number of carbonyl (C=O) groups is 1. The summed E-state index contributed by atoms with van der Waals surface area (Å²) in [5.74, 6) is 0.648. The lowest BCUT2D eigenvalue weighted by atomic mass is 10.1. The van der Waals surface area contributed by atoms with E-state index < -0.39 is 0 Å². The molecule has 0 radical (unpaired) electrons. The zero-order valence-electron chi connectivity index (χ0n) is 14.5. The van der Waals surface area contributed by atoms with Gasteiger partial charge in [0.2, 0.25) is 18.1 Å². The monoisotopic (exact) mass is 344 g/mol. The van der Waals surface area contributed by atoms with Gasteiger partial charge in [0.25, 0.3) is 0 Å². The number of amides is 1. The van der Waals surface area contributed by atoms with E-state index >= 15 is 0 Å². The standard InChI is InChI=1S/C18H24N4O3/c1-14(22-8-10-24-11-9-22)2-7-17(23)19-12-15-3-5-16(6-4-15)18-20-13-25-21-18/h3-6,13-14H,2,7-12H2,1H3,(H,19,23). The van der Waals surface area contributed by atoms with Crippen molar-refractivity contribution >= 4 is 5.91 Å². The second-order valence-electron chi connectivity index (χ2n) is 6.26. The van der Waals surface area contributed by atoms with E-state index in [1.165, 1.54) is 6.39 Å². The molecule has 7 heteroatoms. The fourth-order valence-corrected chi connectivity index (χ4v) is 2.90. The number of hydrogen-bond donors (Lipinski definition) is 1. The third-order valence-electron chi connectivity index (χ3n) is 4.52. The maximum atomic E-state index is 12.1. The Morgan fingerprint density at radius 1 is 1.28 bits per heavy atom. The van der Waals surface area contributed by atoms with E-state index in [-0.39, 0.29) is 5.91 Å². The van der Waals surface area contributed by atoms with Crippen LogP contribution in [0.4, 0.5) is 0 Å². The van der Waals surface area contributed by atoms with E-state index in [2.05, 4.69) is 27.3 Å². The third-order valence-corrected chi connectivity index (χ3v) is 4.52. The number of nitrogens with one attached hydrogen (secondary N) is 1. The number of morpholine rings is 1. The topological polar surface area (TPSA) is 80.5 Å². The maximum Gasteiger partial charge on any atom is 0.220 e. The van der Waals surface area contributed by atoms with Crippen LogP contribution < -0.4 is 5.32 Å². The molecule has 2 heterocycles. The molecule has 1 N–H and O–H groups in total. The van der Waals surface area contributed by atoms with E-state index in [4.69, 9.17) is 9.26 Å². The van der Waals surface area contributed by atoms with E-state index in [0.717, 1.165) is 43.9 Å². The quantitative estimate of drug-likeness (QED) is 0.826. The van der Waals surface area contributed by atoms with Crippen molar-refractivity contribution in [3.63, 3.8) is 0 Å². The summed E-state index contributed by atoms with van der Waals surface area (Å²) in [7, 11) is 0. The highest BCUT2D eigenvalue weighted by Crippen LogP contribution is 2.15. The Kier molecular flexibility index (Phi) is 6.14. The molecule has 1 unspecified atom stereocenters. The fourth-order valence-electron chi connectivity index (χ4n) is 2.90. The van der Waals surface area contributed by atoms with Gasteiger partial charge in [0.05, 0.1) is 13.2 Å². The molecule has 0 aliphatic carbocycles. The number of nitrogens with zero attached hydrogens (tertiary/aromatic N) is 3. The molecule has 0 spiro atoms. The third kappa shape index (κ3) is 5.11. The molecular weight excluding hydrogens is 320 g/mol. The van der Waals surface area contributed by atoms with Crippen molar-refractivity contribution in [2.24, 2.45) is 0 Å². The van der Waals surface area contributed by atoms with Gasteiger partial charge < -0.3 is 14.6 Å². The fraction of sp³-hybridized carbons (Fsp3) is 0.500. The lowest BCUT2D eigenvalue weighted by Gasteiger charge is -2.32. The van der Waals surface area contributed by atoms with Crippen LogP contribution in [0, 0.1) is 0 Å². The first-order valence-corrected chi connectivity index (χ1v) is 8.66. The minimum Gasteiger partial charge on any atom is -0.379 e. The Labute approximate surface area is 147 Å². The van der Waals surface area contributed by atoms with Crippen molar-refractivity contribution < 1.29 is 14.1 Å². The van der Waals surface area contributed by atoms with Crippen molar-refractivity contribution in [2.75, 3.05) is 26.3 Å². The summed E-state index contributed by atoms with van der Waals surface area (Å²) in [4.78, 5) is 18.5. The summed E-state index contributed by atoms with van der Waals surface area (Å²) in [6.07, 6.45) is 2.71. The number of hydrogen-bond acceptors (Lipinski definition) is 6. The van der Waals surface area contributed by atoms with Gasteiger partial charge in [-0.2, -0.15) is 4.98 Å². The second kappa shape index (κ2) is 8.73. The van der Waals surface area contributed by atoms with Gasteiger partial charge >= 0.3 is 0 Å². The van der Waals surface area contributed by atoms with Crippen LogP contribution in [0.2, 0.25) is 0 Å². The summed E-state index contributed by atoms with van der Waals surface area (Å²) in [6.45, 7) is 6.18. The van der Waals surface area contributed by atoms with E-state index in [1.54, 1.807) is 0 Å². The average molecular weight is 344 g/mol. The predicted molar refractivity (Wildman–Crippen MR) is 92.7 cm³/mol. The van der Waals surface area contributed by atoms with Gasteiger partial charge in [-0.15, -0.1) is 0 Å². The summed E-state index contributed by atoms with van der Waals surface area (Å²) < 4.78 is 10.1. The first-order chi connectivity index (χ1) is 12.2. The number of benzene rings is 1. The zero-order valence-corrected chi connectivity index (χ0v) is 14.5. The number of ether oxygens (including phenoxy) is 1. The van der Waals surface area contributed by atoms with E-state index in [0.29, 0.717) is 24.8 Å². The Hall–Kier alpha value is -2.25. The van der Waals surface area contributed by atoms with Crippen LogP contribution >= 0.6 is 0 Å². The molecule has 7 nitrogen and oxygen atoms in total. The zero-order chi connectivity index (χ0) is 17.5. The molecule has 1 amide bonds. The molecule has 134 valence electrons. The highest BCUT2D eigenvalue weighted by Gasteiger charge is 2.17. The normalized spacial score (nSPS) is 16.5. The van der Waals surface area contributed by atoms with Gasteiger partial charge in [-0.1, -0.05) is 29.4 Å². The smallest absolute Gasteiger partial charge is 0.220 e. The van der Waals surface area contributed by atoms with Gasteiger partial charge in [-0.3, -0.25) is 9.69 Å². The largest absolute Gasteiger partial charge is 0.379 e. The van der Waals surface area contributed by atoms with Crippen LogP contribution in [0.3, 0.4) is 0 Å². The van der Waals surface area contributed by atoms with Gasteiger partial charge in [-0.25, -0.2) is 0 Å². The molecule has 1 aromatic heterocycles. The molecule has 1 fully saturated rings. The molecule has 25 heavy (non-hydrogen) atoms. The highest BCUT2D eigenvalue weighted by atomic mass is 16.5. The van der Waals surface area contributed by atoms with Gasteiger partial charge in [-0.05, 0) is 18.9 Å². The van der Waals surface area contributed by atoms with Crippen molar-refractivity contribution in [3.8, 4) is 11.4 Å². The Morgan fingerprint density at radius 3 is 2.72 bits per heavy atom. The summed E-state index contributed by atoms with van der Waals surface area (Å²) >= 11 is 0. The second-order valence-corrected chi connectivity index (χ2v) is 6.26. The summed E-state index contributed by atoms with van der Waals surface area (Å²) in [6, 6.07) is 8.17. The average Bonchev–Trinajstić information content (AvgIpc) is 3.20. The highest BCUT2D eigenvalue weighted by molar-refractivity contribution is 5.75. The molecule has 1 aliphatic heterocycles. The lowest BCUT2D eigenvalue weighted by Crippen LogP contribution is -2.42. The van der Waals surface area contributed by atoms with Gasteiger partial charge in [0, 0.05) is 37.7 Å². The number of rotatable bonds is 7. The first-order valence-electron chi connectivity index (χ1n) is 8.66. The van der Waals surface area contributed by atoms with Crippen LogP contribution in [-0.2, 0) is 16.1 Å². The first kappa shape index (κ1) is 17.6. The molecule has 1 aromatic carbocycles. The van der Waals surface area contributed by atoms with Crippen molar-refractivity contribution in [1.82, 2.24) is 20.4 Å². The molecule has 2 aromatic rings. The maximum absolute atomic E-state index is 12.1. The summed E-state index contributed by atoms with van der Waals surface area (Å²) in [5, 5.41) is 6.78. The van der Waals surface area contributed by atoms with Crippen LogP contribution in [0.15, 0.2) is 35.2 Å². The minimum absolute atomic E-state index is 0.0855. The Balaban J connectivity index is 1.39. The molecule has 1 aliphatic rings. The van der Waals surface area contributed by atoms with Crippen LogP contribution in [0.1, 0.15) is 25.3 Å². The van der Waals surface area contributed by atoms with Crippen LogP contribution in [0.5, 0.6) is 0 Å². The molecule has 0 saturated carbocycles. The number of aromatic nitrogens is 2. The van der Waals surface area contributed by atoms with Crippen molar-refractivity contribution in [2.45, 2.75) is 32.4 Å². The molecule has 0 bridgehead atoms. The molecule has 1 atom stereocenters. The van der Waals surface area contributed by atoms with E-state index in [9.17, 15) is 4.79 Å². The van der Waals surface area contributed by atoms with Crippen LogP contribution in [-0.4, -0.2) is 53.3 Å². The molecular formula is C18H24N4O3. The Bertz CT molecular complexity index is 651. The minimum atomic E-state index is 0.0855.